The Kier molecular flexibility index (Phi) is 10.6. The molecule has 6 nitrogen and oxygen atoms in total. The van der Waals surface area contributed by atoms with Gasteiger partial charge in [-0.1, -0.05) is 35.9 Å². The zero-order chi connectivity index (χ0) is 25.9. The van der Waals surface area contributed by atoms with Crippen molar-refractivity contribution in [3.63, 3.8) is 0 Å². The molecule has 1 amide bonds. The van der Waals surface area contributed by atoms with Crippen LogP contribution in [0.3, 0.4) is 0 Å². The molecule has 0 spiro atoms. The largest absolute Gasteiger partial charge is 0.364 e. The molecule has 2 aromatic rings. The Morgan fingerprint density at radius 1 is 1.17 bits per heavy atom. The van der Waals surface area contributed by atoms with Gasteiger partial charge >= 0.3 is 0 Å². The molecule has 2 unspecified atom stereocenters. The molecule has 0 aromatic heterocycles. The average molecular weight is 508 g/mol. The van der Waals surface area contributed by atoms with E-state index in [-0.39, 0.29) is 18.0 Å². The minimum atomic E-state index is -0.167. The number of halogens is 1. The molecule has 0 aliphatic carbocycles. The van der Waals surface area contributed by atoms with E-state index >= 15 is 0 Å². The summed E-state index contributed by atoms with van der Waals surface area (Å²) in [6.07, 6.45) is 7.03. The maximum Gasteiger partial charge on any atom is 0.228 e. The van der Waals surface area contributed by atoms with Crippen molar-refractivity contribution >= 4 is 40.4 Å². The minimum Gasteiger partial charge on any atom is -0.364 e. The van der Waals surface area contributed by atoms with Crippen LogP contribution >= 0.6 is 11.6 Å². The molecule has 192 valence electrons. The summed E-state index contributed by atoms with van der Waals surface area (Å²) < 4.78 is 0. The highest BCUT2D eigenvalue weighted by Gasteiger charge is 2.22. The summed E-state index contributed by atoms with van der Waals surface area (Å²) in [5, 5.41) is 13.9. The molecule has 4 bridgehead atoms. The van der Waals surface area contributed by atoms with Crippen LogP contribution in [0.1, 0.15) is 44.7 Å². The van der Waals surface area contributed by atoms with Gasteiger partial charge in [0, 0.05) is 23.6 Å². The van der Waals surface area contributed by atoms with Gasteiger partial charge in [-0.3, -0.25) is 4.79 Å². The van der Waals surface area contributed by atoms with Crippen molar-refractivity contribution in [1.29, 1.82) is 0 Å². The Morgan fingerprint density at radius 3 is 2.69 bits per heavy atom. The van der Waals surface area contributed by atoms with Gasteiger partial charge in [0.1, 0.15) is 12.0 Å². The molecule has 4 rings (SSSR count). The summed E-state index contributed by atoms with van der Waals surface area (Å²) in [6, 6.07) is 14.4. The van der Waals surface area contributed by atoms with E-state index in [0.717, 1.165) is 61.4 Å². The first-order valence-electron chi connectivity index (χ1n) is 12.7. The van der Waals surface area contributed by atoms with Crippen LogP contribution in [-0.4, -0.2) is 31.0 Å². The number of allylic oxidation sites excluding steroid dienone is 2. The van der Waals surface area contributed by atoms with Crippen molar-refractivity contribution in [2.45, 2.75) is 52.6 Å². The second-order valence-electron chi connectivity index (χ2n) is 9.07. The standard InChI is InChI=1S/C26H32ClN5O.C3H6/c1-3-23(27)25-30-17(2)29-21-8-4-6-18(14-21)9-10-19-15-22(31-25)11-12-24(19)32-26(33)20-7-5-13-28-16-20;1-3-2/h3-4,6,8,11-12,14-15,17,20,28-29H,5,7,9-10,13,16H2,1-2H3,(H,30,31)(H,32,33);3H,1H2,2H3/b23-3+;. The van der Waals surface area contributed by atoms with Crippen LogP contribution in [0.5, 0.6) is 0 Å². The number of anilines is 3. The number of benzene rings is 2. The molecule has 2 aliphatic rings. The van der Waals surface area contributed by atoms with Gasteiger partial charge in [0.05, 0.1) is 11.0 Å². The third-order valence-electron chi connectivity index (χ3n) is 6.08. The molecule has 7 heteroatoms. The molecule has 0 radical (unpaired) electrons. The van der Waals surface area contributed by atoms with Gasteiger partial charge in [-0.05, 0) is 94.5 Å². The number of fused-ring (bicyclic) bond motifs is 4. The van der Waals surface area contributed by atoms with Crippen molar-refractivity contribution in [2.24, 2.45) is 10.9 Å². The second-order valence-corrected chi connectivity index (χ2v) is 9.48. The molecule has 2 atom stereocenters. The van der Waals surface area contributed by atoms with E-state index in [9.17, 15) is 4.79 Å². The number of piperidine rings is 1. The molecule has 2 aliphatic heterocycles. The molecule has 2 heterocycles. The summed E-state index contributed by atoms with van der Waals surface area (Å²) in [5.74, 6) is 0.696. The van der Waals surface area contributed by atoms with Crippen LogP contribution < -0.4 is 21.3 Å². The van der Waals surface area contributed by atoms with E-state index in [1.54, 1.807) is 6.08 Å². The number of carbonyl (C=O) groups is 1. The Balaban J connectivity index is 0.00000115. The molecule has 0 saturated carbocycles. The van der Waals surface area contributed by atoms with Crippen LogP contribution in [-0.2, 0) is 17.6 Å². The van der Waals surface area contributed by atoms with E-state index < -0.39 is 0 Å². The number of rotatable bonds is 3. The van der Waals surface area contributed by atoms with Gasteiger partial charge in [-0.2, -0.15) is 0 Å². The van der Waals surface area contributed by atoms with Gasteiger partial charge < -0.3 is 21.3 Å². The second kappa shape index (κ2) is 13.9. The van der Waals surface area contributed by atoms with Crippen LogP contribution in [0.4, 0.5) is 17.1 Å². The Bertz CT molecular complexity index is 1100. The molecular formula is C29H38ClN5O. The number of aliphatic imine (C=N–C) groups is 1. The fourth-order valence-electron chi connectivity index (χ4n) is 4.30. The fourth-order valence-corrected chi connectivity index (χ4v) is 4.40. The zero-order valence-electron chi connectivity index (χ0n) is 21.5. The molecular weight excluding hydrogens is 470 g/mol. The van der Waals surface area contributed by atoms with Gasteiger partial charge in [0.25, 0.3) is 0 Å². The van der Waals surface area contributed by atoms with Crippen molar-refractivity contribution in [3.8, 4) is 0 Å². The van der Waals surface area contributed by atoms with Gasteiger partial charge in [0.2, 0.25) is 5.91 Å². The first-order chi connectivity index (χ1) is 17.4. The quantitative estimate of drug-likeness (QED) is 0.366. The van der Waals surface area contributed by atoms with Crippen molar-refractivity contribution in [1.82, 2.24) is 5.32 Å². The normalized spacial score (nSPS) is 21.3. The maximum atomic E-state index is 12.9. The lowest BCUT2D eigenvalue weighted by Crippen LogP contribution is -2.37. The number of nitrogens with zero attached hydrogens (tertiary/aromatic N) is 1. The Labute approximate surface area is 220 Å². The van der Waals surface area contributed by atoms with E-state index in [1.165, 1.54) is 5.56 Å². The lowest BCUT2D eigenvalue weighted by molar-refractivity contribution is -0.120. The zero-order valence-corrected chi connectivity index (χ0v) is 22.3. The first-order valence-corrected chi connectivity index (χ1v) is 13.0. The smallest absolute Gasteiger partial charge is 0.228 e. The highest BCUT2D eigenvalue weighted by atomic mass is 35.5. The summed E-state index contributed by atoms with van der Waals surface area (Å²) in [5.41, 5.74) is 5.08. The number of hydrogen-bond donors (Lipinski definition) is 4. The van der Waals surface area contributed by atoms with Gasteiger partial charge in [0.15, 0.2) is 0 Å². The number of hydrogen-bond acceptors (Lipinski definition) is 5. The van der Waals surface area contributed by atoms with E-state index in [1.807, 2.05) is 45.0 Å². The topological polar surface area (TPSA) is 77.5 Å². The number of amidine groups is 1. The third-order valence-corrected chi connectivity index (χ3v) is 6.48. The number of carbonyl (C=O) groups excluding carboxylic acids is 1. The summed E-state index contributed by atoms with van der Waals surface area (Å²) in [4.78, 5) is 17.7. The van der Waals surface area contributed by atoms with E-state index in [4.69, 9.17) is 16.6 Å². The highest BCUT2D eigenvalue weighted by molar-refractivity contribution is 6.44. The fraction of sp³-hybridized carbons (Fsp3) is 0.379. The summed E-state index contributed by atoms with van der Waals surface area (Å²) in [7, 11) is 0. The summed E-state index contributed by atoms with van der Waals surface area (Å²) >= 11 is 6.48. The van der Waals surface area contributed by atoms with Crippen molar-refractivity contribution in [3.05, 3.63) is 77.4 Å². The monoisotopic (exact) mass is 507 g/mol. The average Bonchev–Trinajstić information content (AvgIpc) is 2.89. The number of nitrogens with one attached hydrogen (secondary N) is 4. The van der Waals surface area contributed by atoms with Crippen LogP contribution in [0.15, 0.2) is 71.2 Å². The van der Waals surface area contributed by atoms with Crippen molar-refractivity contribution < 1.29 is 4.79 Å². The third kappa shape index (κ3) is 7.97. The first kappa shape index (κ1) is 27.5. The van der Waals surface area contributed by atoms with Gasteiger partial charge in [-0.25, -0.2) is 4.99 Å². The lowest BCUT2D eigenvalue weighted by Gasteiger charge is -2.23. The lowest BCUT2D eigenvalue weighted by atomic mass is 9.97. The predicted octanol–water partition coefficient (Wildman–Crippen LogP) is 6.33. The molecule has 36 heavy (non-hydrogen) atoms. The Morgan fingerprint density at radius 2 is 1.97 bits per heavy atom. The van der Waals surface area contributed by atoms with E-state index in [2.05, 4.69) is 52.1 Å². The highest BCUT2D eigenvalue weighted by Crippen LogP contribution is 2.26. The number of amides is 1. The molecule has 1 fully saturated rings. The van der Waals surface area contributed by atoms with Crippen molar-refractivity contribution in [2.75, 3.05) is 29.0 Å². The maximum absolute atomic E-state index is 12.9. The molecule has 2 aromatic carbocycles. The van der Waals surface area contributed by atoms with Crippen LogP contribution in [0.25, 0.3) is 0 Å². The minimum absolute atomic E-state index is 0.00925. The predicted molar refractivity (Wildman–Crippen MR) is 154 cm³/mol. The van der Waals surface area contributed by atoms with Crippen LogP contribution in [0, 0.1) is 5.92 Å². The van der Waals surface area contributed by atoms with Crippen LogP contribution in [0.2, 0.25) is 0 Å². The number of aryl methyl sites for hydroxylation is 2. The summed E-state index contributed by atoms with van der Waals surface area (Å²) in [6.45, 7) is 10.9. The molecule has 1 saturated heterocycles. The van der Waals surface area contributed by atoms with Gasteiger partial charge in [-0.15, -0.1) is 6.58 Å². The van der Waals surface area contributed by atoms with E-state index in [0.29, 0.717) is 10.9 Å². The Hall–Kier alpha value is -3.09. The SMILES string of the molecule is C/C=C(Cl)\C1=N/C(C)Nc2cccc(c2)CCc2cc(ccc2NC(=O)C2CCCNC2)N1.C=CC. The molecule has 4 N–H and O–H groups in total.